The predicted octanol–water partition coefficient (Wildman–Crippen LogP) is 3.98. The molecule has 0 atom stereocenters. The average Bonchev–Trinajstić information content (AvgIpc) is 3.31. The second-order valence-corrected chi connectivity index (χ2v) is 17.9. The average molecular weight is 657 g/mol. The van der Waals surface area contributed by atoms with Gasteiger partial charge in [0.2, 0.25) is 10.0 Å². The van der Waals surface area contributed by atoms with Gasteiger partial charge < -0.3 is 9.80 Å². The maximum atomic E-state index is 13.8. The number of rotatable bonds is 7. The molecule has 1 aromatic carbocycles. The van der Waals surface area contributed by atoms with Crippen LogP contribution in [0.15, 0.2) is 17.0 Å². The van der Waals surface area contributed by atoms with Crippen molar-refractivity contribution in [2.45, 2.75) is 64.3 Å². The summed E-state index contributed by atoms with van der Waals surface area (Å²) >= 11 is 7.86. The van der Waals surface area contributed by atoms with Crippen molar-refractivity contribution < 1.29 is 26.4 Å². The molecule has 10 nitrogen and oxygen atoms in total. The number of hydrogen-bond donors (Lipinski definition) is 1. The number of amides is 2. The number of halogens is 1. The Balaban J connectivity index is 1.50. The minimum absolute atomic E-state index is 0.0396. The second kappa shape index (κ2) is 10.8. The number of likely N-dealkylation sites (tertiary alicyclic amines) is 2. The number of hydrogen-bond acceptors (Lipinski definition) is 8. The molecule has 1 aromatic heterocycles. The highest BCUT2D eigenvalue weighted by atomic mass is 35.5. The number of aromatic nitrogens is 1. The number of piperidine rings is 1. The highest BCUT2D eigenvalue weighted by Gasteiger charge is 2.57. The zero-order chi connectivity index (χ0) is 30.8. The summed E-state index contributed by atoms with van der Waals surface area (Å²) in [5.74, 6) is 0.0133. The van der Waals surface area contributed by atoms with Gasteiger partial charge >= 0.3 is 0 Å². The van der Waals surface area contributed by atoms with E-state index in [1.807, 2.05) is 6.92 Å². The van der Waals surface area contributed by atoms with Crippen molar-refractivity contribution in [2.75, 3.05) is 37.7 Å². The summed E-state index contributed by atoms with van der Waals surface area (Å²) in [7, 11) is -6.92. The Bertz CT molecular complexity index is 1640. The molecule has 0 bridgehead atoms. The van der Waals surface area contributed by atoms with Crippen molar-refractivity contribution >= 4 is 54.6 Å². The lowest BCUT2D eigenvalue weighted by molar-refractivity contribution is 0.0201. The third kappa shape index (κ3) is 5.87. The van der Waals surface area contributed by atoms with Crippen LogP contribution in [0.4, 0.5) is 0 Å². The Morgan fingerprint density at radius 2 is 1.76 bits per heavy atom. The van der Waals surface area contributed by atoms with Crippen molar-refractivity contribution in [3.8, 4) is 10.4 Å². The van der Waals surface area contributed by atoms with E-state index in [4.69, 9.17) is 11.6 Å². The SMILES string of the molecule is CCC(C)(C)NS(=O)(=O)c1ccc(-c2sc(C(=O)N3CC4(C3)CS(=O)(=O)C4)nc2C(=O)N2CCC(C)CC2)c(Cl)c1C. The van der Waals surface area contributed by atoms with Gasteiger partial charge in [-0.1, -0.05) is 31.5 Å². The van der Waals surface area contributed by atoms with Crippen LogP contribution < -0.4 is 4.72 Å². The van der Waals surface area contributed by atoms with Gasteiger partial charge in [0.1, 0.15) is 5.69 Å². The largest absolute Gasteiger partial charge is 0.337 e. The first-order valence-electron chi connectivity index (χ1n) is 14.1. The van der Waals surface area contributed by atoms with Gasteiger partial charge in [0.25, 0.3) is 11.8 Å². The van der Waals surface area contributed by atoms with Crippen LogP contribution in [0, 0.1) is 18.3 Å². The van der Waals surface area contributed by atoms with Crippen LogP contribution in [0.5, 0.6) is 0 Å². The minimum atomic E-state index is -3.89. The number of nitrogens with zero attached hydrogens (tertiary/aromatic N) is 3. The number of benzene rings is 1. The molecule has 3 saturated heterocycles. The van der Waals surface area contributed by atoms with E-state index in [0.29, 0.717) is 54.5 Å². The monoisotopic (exact) mass is 656 g/mol. The summed E-state index contributed by atoms with van der Waals surface area (Å²) in [4.78, 5) is 35.5. The molecule has 5 rings (SSSR count). The molecule has 0 aliphatic carbocycles. The van der Waals surface area contributed by atoms with Crippen molar-refractivity contribution in [1.82, 2.24) is 19.5 Å². The quantitative estimate of drug-likeness (QED) is 0.477. The number of sulfone groups is 1. The molecule has 3 aliphatic heterocycles. The van der Waals surface area contributed by atoms with Crippen LogP contribution in [0.2, 0.25) is 5.02 Å². The Hall–Kier alpha value is -2.06. The van der Waals surface area contributed by atoms with Crippen LogP contribution in [0.1, 0.15) is 72.8 Å². The number of carbonyl (C=O) groups is 2. The standard InChI is InChI=1S/C28H37ClN4O6S3/c1-6-27(4,5)31-42(38,39)20-8-7-19(21(29)18(20)3)23-22(25(34)32-11-9-17(2)10-12-32)30-24(40-23)26(35)33-13-28(14-33)15-41(36,37)16-28/h7-8,17,31H,6,9-16H2,1-5H3. The molecular formula is C28H37ClN4O6S3. The number of carbonyl (C=O) groups excluding carboxylic acids is 2. The Kier molecular flexibility index (Phi) is 8.09. The molecule has 1 N–H and O–H groups in total. The molecule has 3 fully saturated rings. The van der Waals surface area contributed by atoms with E-state index in [0.717, 1.165) is 24.2 Å². The first-order chi connectivity index (χ1) is 19.5. The van der Waals surface area contributed by atoms with Crippen molar-refractivity contribution in [3.63, 3.8) is 0 Å². The summed E-state index contributed by atoms with van der Waals surface area (Å²) in [5.41, 5.74) is -0.163. The van der Waals surface area contributed by atoms with Crippen LogP contribution in [-0.4, -0.2) is 86.7 Å². The van der Waals surface area contributed by atoms with E-state index >= 15 is 0 Å². The van der Waals surface area contributed by atoms with Crippen molar-refractivity contribution in [1.29, 1.82) is 0 Å². The molecule has 0 radical (unpaired) electrons. The van der Waals surface area contributed by atoms with Gasteiger partial charge in [0.05, 0.1) is 26.3 Å². The first-order valence-corrected chi connectivity index (χ1v) is 18.6. The van der Waals surface area contributed by atoms with Crippen molar-refractivity contribution in [2.24, 2.45) is 11.3 Å². The molecule has 1 spiro atoms. The Morgan fingerprint density at radius 1 is 1.14 bits per heavy atom. The Labute approximate surface area is 256 Å². The van der Waals surface area contributed by atoms with E-state index in [1.165, 1.54) is 6.07 Å². The zero-order valence-electron chi connectivity index (χ0n) is 24.5. The zero-order valence-corrected chi connectivity index (χ0v) is 27.7. The summed E-state index contributed by atoms with van der Waals surface area (Å²) in [6.07, 6.45) is 2.32. The lowest BCUT2D eigenvalue weighted by Crippen LogP contribution is -2.69. The number of thiazole rings is 1. The first kappa shape index (κ1) is 31.4. The highest BCUT2D eigenvalue weighted by Crippen LogP contribution is 2.44. The van der Waals surface area contributed by atoms with Crippen LogP contribution >= 0.6 is 22.9 Å². The van der Waals surface area contributed by atoms with Crippen LogP contribution in [0.25, 0.3) is 10.4 Å². The van der Waals surface area contributed by atoms with E-state index in [1.54, 1.807) is 36.6 Å². The van der Waals surface area contributed by atoms with Crippen LogP contribution in [0.3, 0.4) is 0 Å². The van der Waals surface area contributed by atoms with Crippen molar-refractivity contribution in [3.05, 3.63) is 33.4 Å². The fraction of sp³-hybridized carbons (Fsp3) is 0.607. The highest BCUT2D eigenvalue weighted by molar-refractivity contribution is 7.92. The maximum Gasteiger partial charge on any atom is 0.282 e. The van der Waals surface area contributed by atoms with E-state index < -0.39 is 25.4 Å². The topological polar surface area (TPSA) is 134 Å². The molecular weight excluding hydrogens is 620 g/mol. The van der Waals surface area contributed by atoms with Gasteiger partial charge in [-0.15, -0.1) is 11.3 Å². The molecule has 2 amide bonds. The van der Waals surface area contributed by atoms with Crippen LogP contribution in [-0.2, 0) is 19.9 Å². The summed E-state index contributed by atoms with van der Waals surface area (Å²) in [6, 6.07) is 3.04. The van der Waals surface area contributed by atoms with Gasteiger partial charge in [-0.05, 0) is 57.6 Å². The fourth-order valence-electron chi connectivity index (χ4n) is 5.84. The lowest BCUT2D eigenvalue weighted by Gasteiger charge is -2.54. The summed E-state index contributed by atoms with van der Waals surface area (Å²) in [5, 5.41) is 0.284. The third-order valence-corrected chi connectivity index (χ3v) is 14.2. The fourth-order valence-corrected chi connectivity index (χ4v) is 11.1. The van der Waals surface area contributed by atoms with Gasteiger partial charge in [0, 0.05) is 42.7 Å². The van der Waals surface area contributed by atoms with Gasteiger partial charge in [-0.3, -0.25) is 9.59 Å². The normalized spacial score (nSPS) is 20.3. The van der Waals surface area contributed by atoms with E-state index in [-0.39, 0.29) is 49.4 Å². The van der Waals surface area contributed by atoms with E-state index in [9.17, 15) is 26.4 Å². The molecule has 0 unspecified atom stereocenters. The van der Waals surface area contributed by atoms with Gasteiger partial charge in [-0.2, -0.15) is 0 Å². The van der Waals surface area contributed by atoms with Gasteiger partial charge in [0.15, 0.2) is 14.8 Å². The number of sulfonamides is 1. The smallest absolute Gasteiger partial charge is 0.282 e. The Morgan fingerprint density at radius 3 is 2.33 bits per heavy atom. The third-order valence-electron chi connectivity index (χ3n) is 8.64. The molecule has 0 saturated carbocycles. The molecule has 14 heteroatoms. The molecule has 42 heavy (non-hydrogen) atoms. The molecule has 4 heterocycles. The second-order valence-electron chi connectivity index (χ2n) is 12.8. The molecule has 230 valence electrons. The molecule has 2 aromatic rings. The van der Waals surface area contributed by atoms with Gasteiger partial charge in [-0.25, -0.2) is 26.5 Å². The maximum absolute atomic E-state index is 13.8. The minimum Gasteiger partial charge on any atom is -0.337 e. The summed E-state index contributed by atoms with van der Waals surface area (Å²) in [6.45, 7) is 11.1. The molecule has 3 aliphatic rings. The predicted molar refractivity (Wildman–Crippen MR) is 163 cm³/mol. The number of nitrogens with one attached hydrogen (secondary N) is 1. The lowest BCUT2D eigenvalue weighted by atomic mass is 9.83. The van der Waals surface area contributed by atoms with E-state index in [2.05, 4.69) is 16.6 Å². The summed E-state index contributed by atoms with van der Waals surface area (Å²) < 4.78 is 52.6.